The van der Waals surface area contributed by atoms with E-state index in [0.717, 1.165) is 5.76 Å². The van der Waals surface area contributed by atoms with Gasteiger partial charge in [-0.25, -0.2) is 4.98 Å². The van der Waals surface area contributed by atoms with Crippen LogP contribution in [-0.4, -0.2) is 16.9 Å². The lowest BCUT2D eigenvalue weighted by molar-refractivity contribution is 0.0952. The molecule has 2 aromatic rings. The van der Waals surface area contributed by atoms with Crippen molar-refractivity contribution in [2.24, 2.45) is 0 Å². The van der Waals surface area contributed by atoms with Crippen molar-refractivity contribution in [1.82, 2.24) is 10.3 Å². The van der Waals surface area contributed by atoms with Gasteiger partial charge in [0.05, 0.1) is 6.54 Å². The molecule has 0 aliphatic rings. The van der Waals surface area contributed by atoms with E-state index < -0.39 is 0 Å². The Bertz CT molecular complexity index is 603. The summed E-state index contributed by atoms with van der Waals surface area (Å²) in [7, 11) is 0. The lowest BCUT2D eigenvalue weighted by Crippen LogP contribution is -2.22. The number of nitrogen functional groups attached to an aromatic ring is 1. The number of nitrogens with zero attached hydrogens (tertiary/aromatic N) is 1. The van der Waals surface area contributed by atoms with Crippen LogP contribution in [0.25, 0.3) is 0 Å². The number of amides is 1. The van der Waals surface area contributed by atoms with Crippen LogP contribution in [0.3, 0.4) is 0 Å². The lowest BCUT2D eigenvalue weighted by Gasteiger charge is -2.04. The summed E-state index contributed by atoms with van der Waals surface area (Å²) in [4.78, 5) is 16.6. The van der Waals surface area contributed by atoms with Crippen molar-refractivity contribution < 1.29 is 9.21 Å². The summed E-state index contributed by atoms with van der Waals surface area (Å²) >= 11 is 1.25. The normalized spacial score (nSPS) is 10.8. The van der Waals surface area contributed by atoms with E-state index in [1.54, 1.807) is 0 Å². The van der Waals surface area contributed by atoms with Gasteiger partial charge in [0.15, 0.2) is 5.13 Å². The maximum Gasteiger partial charge on any atom is 0.265 e. The molecule has 7 heteroatoms. The number of thiazole rings is 1. The zero-order valence-electron chi connectivity index (χ0n) is 11.7. The first-order valence-electron chi connectivity index (χ1n) is 6.32. The molecule has 6 nitrogen and oxygen atoms in total. The molecule has 0 aromatic carbocycles. The summed E-state index contributed by atoms with van der Waals surface area (Å²) < 4.78 is 5.39. The van der Waals surface area contributed by atoms with Crippen LogP contribution in [-0.2, 0) is 6.54 Å². The fraction of sp³-hybridized carbons (Fsp3) is 0.385. The van der Waals surface area contributed by atoms with Gasteiger partial charge >= 0.3 is 0 Å². The zero-order chi connectivity index (χ0) is 14.7. The molecule has 20 heavy (non-hydrogen) atoms. The van der Waals surface area contributed by atoms with Gasteiger partial charge in [0.1, 0.15) is 22.2 Å². The Hall–Kier alpha value is -2.02. The van der Waals surface area contributed by atoms with Gasteiger partial charge in [-0.3, -0.25) is 4.79 Å². The first kappa shape index (κ1) is 14.4. The van der Waals surface area contributed by atoms with E-state index in [-0.39, 0.29) is 17.8 Å². The van der Waals surface area contributed by atoms with Gasteiger partial charge < -0.3 is 20.8 Å². The van der Waals surface area contributed by atoms with Gasteiger partial charge in [0.25, 0.3) is 5.91 Å². The number of hydrogen-bond donors (Lipinski definition) is 3. The van der Waals surface area contributed by atoms with Crippen LogP contribution in [0.5, 0.6) is 0 Å². The van der Waals surface area contributed by atoms with Gasteiger partial charge in [0, 0.05) is 6.04 Å². The maximum absolute atomic E-state index is 12.1. The van der Waals surface area contributed by atoms with Crippen LogP contribution >= 0.6 is 11.3 Å². The smallest absolute Gasteiger partial charge is 0.265 e. The topological polar surface area (TPSA) is 93.2 Å². The summed E-state index contributed by atoms with van der Waals surface area (Å²) in [6.45, 7) is 6.18. The Morgan fingerprint density at radius 3 is 2.85 bits per heavy atom. The predicted molar refractivity (Wildman–Crippen MR) is 79.9 cm³/mol. The number of rotatable bonds is 5. The van der Waals surface area contributed by atoms with E-state index in [1.165, 1.54) is 11.3 Å². The number of anilines is 2. The van der Waals surface area contributed by atoms with Crippen molar-refractivity contribution in [3.8, 4) is 0 Å². The van der Waals surface area contributed by atoms with Crippen molar-refractivity contribution in [3.63, 3.8) is 0 Å². The standard InChI is InChI=1S/C13H18N4O2S/c1-7(2)16-13-17-11(14)10(20-13)12(18)15-6-9-5-4-8(3)19-9/h4-5,7H,6,14H2,1-3H3,(H,15,18)(H,16,17). The SMILES string of the molecule is Cc1ccc(CNC(=O)c2sc(NC(C)C)nc2N)o1. The third-order valence-corrected chi connectivity index (χ3v) is 3.49. The summed E-state index contributed by atoms with van der Waals surface area (Å²) in [5.74, 6) is 1.52. The molecule has 2 heterocycles. The molecule has 0 fully saturated rings. The zero-order valence-corrected chi connectivity index (χ0v) is 12.5. The molecule has 0 bridgehead atoms. The number of nitrogens with one attached hydrogen (secondary N) is 2. The highest BCUT2D eigenvalue weighted by molar-refractivity contribution is 7.18. The van der Waals surface area contributed by atoms with Crippen LogP contribution in [0.1, 0.15) is 35.0 Å². The fourth-order valence-electron chi connectivity index (χ4n) is 1.63. The largest absolute Gasteiger partial charge is 0.465 e. The Kier molecular flexibility index (Phi) is 4.29. The number of carbonyl (C=O) groups excluding carboxylic acids is 1. The van der Waals surface area contributed by atoms with Crippen molar-refractivity contribution in [2.75, 3.05) is 11.1 Å². The summed E-state index contributed by atoms with van der Waals surface area (Å²) in [5, 5.41) is 6.54. The van der Waals surface area contributed by atoms with Gasteiger partial charge in [-0.1, -0.05) is 11.3 Å². The lowest BCUT2D eigenvalue weighted by atomic mass is 10.4. The minimum atomic E-state index is -0.245. The van der Waals surface area contributed by atoms with Crippen molar-refractivity contribution in [3.05, 3.63) is 28.5 Å². The molecule has 0 atom stereocenters. The van der Waals surface area contributed by atoms with Crippen LogP contribution in [0, 0.1) is 6.92 Å². The van der Waals surface area contributed by atoms with E-state index in [0.29, 0.717) is 22.3 Å². The Balaban J connectivity index is 2.00. The van der Waals surface area contributed by atoms with Crippen LogP contribution in [0.4, 0.5) is 10.9 Å². The van der Waals surface area contributed by atoms with Crippen molar-refractivity contribution >= 4 is 28.2 Å². The van der Waals surface area contributed by atoms with Crippen LogP contribution in [0.15, 0.2) is 16.5 Å². The molecule has 0 radical (unpaired) electrons. The fourth-order valence-corrected chi connectivity index (χ4v) is 2.58. The quantitative estimate of drug-likeness (QED) is 0.787. The molecule has 2 aromatic heterocycles. The summed E-state index contributed by atoms with van der Waals surface area (Å²) in [5.41, 5.74) is 5.77. The number of nitrogens with two attached hydrogens (primary N) is 1. The van der Waals surface area contributed by atoms with E-state index in [4.69, 9.17) is 10.2 Å². The number of furan rings is 1. The van der Waals surface area contributed by atoms with E-state index in [2.05, 4.69) is 15.6 Å². The number of carbonyl (C=O) groups is 1. The van der Waals surface area contributed by atoms with Crippen molar-refractivity contribution in [1.29, 1.82) is 0 Å². The second-order valence-electron chi connectivity index (χ2n) is 4.73. The summed E-state index contributed by atoms with van der Waals surface area (Å²) in [6, 6.07) is 3.92. The van der Waals surface area contributed by atoms with E-state index in [9.17, 15) is 4.79 Å². The third-order valence-electron chi connectivity index (χ3n) is 2.49. The monoisotopic (exact) mass is 294 g/mol. The van der Waals surface area contributed by atoms with Crippen LogP contribution < -0.4 is 16.4 Å². The molecule has 2 rings (SSSR count). The second kappa shape index (κ2) is 5.96. The third kappa shape index (κ3) is 3.51. The Labute approximate surface area is 121 Å². The molecule has 0 aliphatic carbocycles. The van der Waals surface area contributed by atoms with E-state index in [1.807, 2.05) is 32.9 Å². The first-order chi connectivity index (χ1) is 9.45. The minimum absolute atomic E-state index is 0.238. The first-order valence-corrected chi connectivity index (χ1v) is 7.13. The molecular weight excluding hydrogens is 276 g/mol. The number of aryl methyl sites for hydroxylation is 1. The molecule has 1 amide bonds. The minimum Gasteiger partial charge on any atom is -0.465 e. The Morgan fingerprint density at radius 1 is 1.50 bits per heavy atom. The molecule has 0 spiro atoms. The Morgan fingerprint density at radius 2 is 2.25 bits per heavy atom. The number of hydrogen-bond acceptors (Lipinski definition) is 6. The van der Waals surface area contributed by atoms with Gasteiger partial charge in [-0.05, 0) is 32.9 Å². The average molecular weight is 294 g/mol. The molecule has 0 aliphatic heterocycles. The second-order valence-corrected chi connectivity index (χ2v) is 5.73. The van der Waals surface area contributed by atoms with E-state index >= 15 is 0 Å². The van der Waals surface area contributed by atoms with Crippen molar-refractivity contribution in [2.45, 2.75) is 33.4 Å². The molecule has 0 saturated carbocycles. The highest BCUT2D eigenvalue weighted by Crippen LogP contribution is 2.25. The highest BCUT2D eigenvalue weighted by atomic mass is 32.1. The van der Waals surface area contributed by atoms with Gasteiger partial charge in [-0.2, -0.15) is 0 Å². The molecule has 0 saturated heterocycles. The molecule has 0 unspecified atom stereocenters. The number of aromatic nitrogens is 1. The van der Waals surface area contributed by atoms with Gasteiger partial charge in [-0.15, -0.1) is 0 Å². The summed E-state index contributed by atoms with van der Waals surface area (Å²) in [6.07, 6.45) is 0. The molecule has 4 N–H and O–H groups in total. The average Bonchev–Trinajstić information content (AvgIpc) is 2.92. The molecular formula is C13H18N4O2S. The molecule has 108 valence electrons. The van der Waals surface area contributed by atoms with Crippen LogP contribution in [0.2, 0.25) is 0 Å². The highest BCUT2D eigenvalue weighted by Gasteiger charge is 2.16. The van der Waals surface area contributed by atoms with Gasteiger partial charge in [0.2, 0.25) is 0 Å². The predicted octanol–water partition coefficient (Wildman–Crippen LogP) is 2.38. The maximum atomic E-state index is 12.1.